The van der Waals surface area contributed by atoms with Gasteiger partial charge in [-0.3, -0.25) is 0 Å². The summed E-state index contributed by atoms with van der Waals surface area (Å²) in [6.07, 6.45) is -0.328. The van der Waals surface area contributed by atoms with Crippen molar-refractivity contribution < 1.29 is 18.9 Å². The van der Waals surface area contributed by atoms with E-state index < -0.39 is 6.29 Å². The van der Waals surface area contributed by atoms with E-state index in [-0.39, 0.29) is 6.10 Å². The maximum Gasteiger partial charge on any atom is 0.187 e. The molecule has 0 spiro atoms. The molecule has 0 bridgehead atoms. The van der Waals surface area contributed by atoms with Crippen LogP contribution in [0.2, 0.25) is 0 Å². The Kier molecular flexibility index (Phi) is 4.03. The Labute approximate surface area is 106 Å². The summed E-state index contributed by atoms with van der Waals surface area (Å²) in [5.41, 5.74) is 0.804. The standard InChI is InChI=1S/C13H15NO4/c1-15-9-3-4-11(12(7-9)16-2)13-17-8-10(18-13)5-6-14/h3-4,7,10,13H,5,8H2,1-2H3. The van der Waals surface area contributed by atoms with Crippen LogP contribution in [-0.4, -0.2) is 26.9 Å². The monoisotopic (exact) mass is 249 g/mol. The van der Waals surface area contributed by atoms with Gasteiger partial charge in [-0.05, 0) is 12.1 Å². The van der Waals surface area contributed by atoms with Crippen LogP contribution in [0, 0.1) is 11.3 Å². The molecule has 5 nitrogen and oxygen atoms in total. The van der Waals surface area contributed by atoms with Gasteiger partial charge in [0.05, 0.1) is 39.4 Å². The van der Waals surface area contributed by atoms with Gasteiger partial charge in [-0.15, -0.1) is 0 Å². The molecular formula is C13H15NO4. The molecule has 18 heavy (non-hydrogen) atoms. The molecule has 1 aliphatic heterocycles. The summed E-state index contributed by atoms with van der Waals surface area (Å²) in [4.78, 5) is 0. The highest BCUT2D eigenvalue weighted by molar-refractivity contribution is 5.41. The van der Waals surface area contributed by atoms with Crippen LogP contribution in [0.5, 0.6) is 11.5 Å². The van der Waals surface area contributed by atoms with Crippen molar-refractivity contribution in [3.8, 4) is 17.6 Å². The van der Waals surface area contributed by atoms with E-state index in [0.29, 0.717) is 24.5 Å². The number of nitriles is 1. The molecule has 0 radical (unpaired) electrons. The number of nitrogens with zero attached hydrogens (tertiary/aromatic N) is 1. The fourth-order valence-corrected chi connectivity index (χ4v) is 1.83. The first-order valence-electron chi connectivity index (χ1n) is 5.64. The fraction of sp³-hybridized carbons (Fsp3) is 0.462. The van der Waals surface area contributed by atoms with Crippen LogP contribution in [0.1, 0.15) is 18.3 Å². The lowest BCUT2D eigenvalue weighted by atomic mass is 10.2. The molecule has 0 N–H and O–H groups in total. The lowest BCUT2D eigenvalue weighted by molar-refractivity contribution is -0.0604. The molecule has 5 heteroatoms. The summed E-state index contributed by atoms with van der Waals surface area (Å²) in [6, 6.07) is 7.52. The number of hydrogen-bond donors (Lipinski definition) is 0. The molecule has 2 rings (SSSR count). The maximum absolute atomic E-state index is 8.63. The van der Waals surface area contributed by atoms with Crippen LogP contribution in [0.15, 0.2) is 18.2 Å². The van der Waals surface area contributed by atoms with Gasteiger partial charge in [0.25, 0.3) is 0 Å². The lowest BCUT2D eigenvalue weighted by Crippen LogP contribution is -2.08. The average molecular weight is 249 g/mol. The predicted octanol–water partition coefficient (Wildman–Crippen LogP) is 2.03. The molecule has 2 unspecified atom stereocenters. The van der Waals surface area contributed by atoms with Crippen molar-refractivity contribution in [3.63, 3.8) is 0 Å². The van der Waals surface area contributed by atoms with Gasteiger partial charge in [0.1, 0.15) is 11.5 Å². The topological polar surface area (TPSA) is 60.7 Å². The zero-order valence-electron chi connectivity index (χ0n) is 10.4. The van der Waals surface area contributed by atoms with Gasteiger partial charge < -0.3 is 18.9 Å². The van der Waals surface area contributed by atoms with Gasteiger partial charge in [0.15, 0.2) is 6.29 Å². The second kappa shape index (κ2) is 5.71. The molecule has 0 amide bonds. The SMILES string of the molecule is COc1ccc(C2OCC(CC#N)O2)c(OC)c1. The van der Waals surface area contributed by atoms with Gasteiger partial charge >= 0.3 is 0 Å². The highest BCUT2D eigenvalue weighted by Crippen LogP contribution is 2.35. The fourth-order valence-electron chi connectivity index (χ4n) is 1.83. The van der Waals surface area contributed by atoms with E-state index in [4.69, 9.17) is 24.2 Å². The normalized spacial score (nSPS) is 22.5. The van der Waals surface area contributed by atoms with E-state index in [0.717, 1.165) is 5.56 Å². The van der Waals surface area contributed by atoms with Crippen molar-refractivity contribution in [2.45, 2.75) is 18.8 Å². The van der Waals surface area contributed by atoms with E-state index in [1.807, 2.05) is 12.1 Å². The summed E-state index contributed by atoms with van der Waals surface area (Å²) >= 11 is 0. The van der Waals surface area contributed by atoms with E-state index in [1.165, 1.54) is 0 Å². The van der Waals surface area contributed by atoms with Crippen molar-refractivity contribution in [2.75, 3.05) is 20.8 Å². The molecule has 1 heterocycles. The van der Waals surface area contributed by atoms with Crippen LogP contribution in [-0.2, 0) is 9.47 Å². The number of methoxy groups -OCH3 is 2. The van der Waals surface area contributed by atoms with E-state index in [9.17, 15) is 0 Å². The van der Waals surface area contributed by atoms with Gasteiger partial charge in [0.2, 0.25) is 0 Å². The van der Waals surface area contributed by atoms with Crippen LogP contribution in [0.25, 0.3) is 0 Å². The third-order valence-corrected chi connectivity index (χ3v) is 2.76. The quantitative estimate of drug-likeness (QED) is 0.817. The van der Waals surface area contributed by atoms with E-state index >= 15 is 0 Å². The summed E-state index contributed by atoms with van der Waals surface area (Å²) < 4.78 is 21.6. The Balaban J connectivity index is 2.16. The highest BCUT2D eigenvalue weighted by atomic mass is 16.7. The molecule has 1 aliphatic rings. The Morgan fingerprint density at radius 2 is 2.22 bits per heavy atom. The van der Waals surface area contributed by atoms with Crippen LogP contribution < -0.4 is 9.47 Å². The minimum absolute atomic E-state index is 0.174. The minimum atomic E-state index is -0.482. The molecule has 1 fully saturated rings. The first-order chi connectivity index (χ1) is 8.78. The summed E-state index contributed by atoms with van der Waals surface area (Å²) in [5.74, 6) is 1.36. The molecule has 96 valence electrons. The van der Waals surface area contributed by atoms with Crippen molar-refractivity contribution in [2.24, 2.45) is 0 Å². The smallest absolute Gasteiger partial charge is 0.187 e. The zero-order chi connectivity index (χ0) is 13.0. The Hall–Kier alpha value is -1.77. The van der Waals surface area contributed by atoms with Crippen LogP contribution in [0.3, 0.4) is 0 Å². The largest absolute Gasteiger partial charge is 0.497 e. The average Bonchev–Trinajstić information content (AvgIpc) is 2.87. The lowest BCUT2D eigenvalue weighted by Gasteiger charge is -2.15. The van der Waals surface area contributed by atoms with E-state index in [2.05, 4.69) is 6.07 Å². The molecule has 2 atom stereocenters. The third kappa shape index (κ3) is 2.55. The van der Waals surface area contributed by atoms with Crippen molar-refractivity contribution in [3.05, 3.63) is 23.8 Å². The number of hydrogen-bond acceptors (Lipinski definition) is 5. The summed E-state index contributed by atoms with van der Waals surface area (Å²) in [7, 11) is 3.18. The first-order valence-corrected chi connectivity index (χ1v) is 5.64. The number of rotatable bonds is 4. The van der Waals surface area contributed by atoms with Gasteiger partial charge in [-0.1, -0.05) is 0 Å². The Bertz CT molecular complexity index is 455. The first kappa shape index (κ1) is 12.7. The number of ether oxygens (including phenoxy) is 4. The Morgan fingerprint density at radius 3 is 2.89 bits per heavy atom. The molecule has 1 aromatic rings. The predicted molar refractivity (Wildman–Crippen MR) is 63.3 cm³/mol. The van der Waals surface area contributed by atoms with E-state index in [1.54, 1.807) is 20.3 Å². The van der Waals surface area contributed by atoms with Crippen molar-refractivity contribution in [1.29, 1.82) is 5.26 Å². The second-order valence-corrected chi connectivity index (χ2v) is 3.89. The van der Waals surface area contributed by atoms with Gasteiger partial charge in [-0.2, -0.15) is 5.26 Å². The highest BCUT2D eigenvalue weighted by Gasteiger charge is 2.29. The third-order valence-electron chi connectivity index (χ3n) is 2.76. The van der Waals surface area contributed by atoms with Crippen LogP contribution >= 0.6 is 0 Å². The summed E-state index contributed by atoms with van der Waals surface area (Å²) in [5, 5.41) is 8.63. The minimum Gasteiger partial charge on any atom is -0.497 e. The molecule has 0 aromatic heterocycles. The molecule has 0 saturated carbocycles. The Morgan fingerprint density at radius 1 is 1.39 bits per heavy atom. The van der Waals surface area contributed by atoms with Gasteiger partial charge in [0, 0.05) is 11.6 Å². The maximum atomic E-state index is 8.63. The zero-order valence-corrected chi connectivity index (χ0v) is 10.4. The van der Waals surface area contributed by atoms with Crippen molar-refractivity contribution >= 4 is 0 Å². The molecule has 1 aromatic carbocycles. The van der Waals surface area contributed by atoms with Gasteiger partial charge in [-0.25, -0.2) is 0 Å². The van der Waals surface area contributed by atoms with Crippen LogP contribution in [0.4, 0.5) is 0 Å². The second-order valence-electron chi connectivity index (χ2n) is 3.89. The summed E-state index contributed by atoms with van der Waals surface area (Å²) in [6.45, 7) is 0.424. The number of benzene rings is 1. The van der Waals surface area contributed by atoms with Crippen molar-refractivity contribution in [1.82, 2.24) is 0 Å². The molecule has 1 saturated heterocycles. The molecule has 0 aliphatic carbocycles. The molecular weight excluding hydrogens is 234 g/mol.